The number of aromatic nitrogens is 2. The van der Waals surface area contributed by atoms with Crippen LogP contribution in [0.5, 0.6) is 0 Å². The summed E-state index contributed by atoms with van der Waals surface area (Å²) < 4.78 is 15.0. The molecule has 1 saturated heterocycles. The van der Waals surface area contributed by atoms with E-state index in [9.17, 15) is 9.18 Å². The van der Waals surface area contributed by atoms with Gasteiger partial charge in [-0.05, 0) is 31.2 Å². The van der Waals surface area contributed by atoms with Gasteiger partial charge in [0.25, 0.3) is 0 Å². The highest BCUT2D eigenvalue weighted by molar-refractivity contribution is 5.81. The van der Waals surface area contributed by atoms with Crippen molar-refractivity contribution in [3.05, 3.63) is 48.8 Å². The third-order valence-corrected chi connectivity index (χ3v) is 4.66. The molecule has 2 heterocycles. The Bertz CT molecular complexity index is 665. The van der Waals surface area contributed by atoms with Crippen molar-refractivity contribution in [1.82, 2.24) is 19.8 Å². The van der Waals surface area contributed by atoms with Crippen LogP contribution in [0.4, 0.5) is 10.1 Å². The summed E-state index contributed by atoms with van der Waals surface area (Å²) in [5.41, 5.74) is 1.03. The molecule has 0 saturated carbocycles. The van der Waals surface area contributed by atoms with Gasteiger partial charge in [0, 0.05) is 57.3 Å². The van der Waals surface area contributed by atoms with Gasteiger partial charge in [-0.25, -0.2) is 9.37 Å². The van der Waals surface area contributed by atoms with E-state index in [-0.39, 0.29) is 17.8 Å². The van der Waals surface area contributed by atoms with Crippen LogP contribution in [0.25, 0.3) is 0 Å². The van der Waals surface area contributed by atoms with Gasteiger partial charge in [0.1, 0.15) is 5.82 Å². The third kappa shape index (κ3) is 4.57. The van der Waals surface area contributed by atoms with Crippen LogP contribution in [0.15, 0.2) is 43.0 Å². The highest BCUT2D eigenvalue weighted by Gasteiger charge is 2.25. The van der Waals surface area contributed by atoms with Gasteiger partial charge in [0.15, 0.2) is 0 Å². The lowest BCUT2D eigenvalue weighted by Crippen LogP contribution is -2.54. The van der Waals surface area contributed by atoms with E-state index in [0.29, 0.717) is 6.54 Å². The van der Waals surface area contributed by atoms with Crippen LogP contribution in [-0.4, -0.2) is 59.1 Å². The molecule has 134 valence electrons. The number of hydrogen-bond donors (Lipinski definition) is 1. The molecule has 1 aromatic carbocycles. The molecule has 0 bridgehead atoms. The quantitative estimate of drug-likeness (QED) is 0.859. The van der Waals surface area contributed by atoms with Gasteiger partial charge in [0.2, 0.25) is 5.91 Å². The number of benzene rings is 1. The molecule has 1 fully saturated rings. The fourth-order valence-corrected chi connectivity index (χ4v) is 3.06. The van der Waals surface area contributed by atoms with Crippen LogP contribution in [0.3, 0.4) is 0 Å². The molecule has 1 amide bonds. The van der Waals surface area contributed by atoms with Crippen LogP contribution in [-0.2, 0) is 11.3 Å². The van der Waals surface area contributed by atoms with Crippen molar-refractivity contribution < 1.29 is 9.18 Å². The highest BCUT2D eigenvalue weighted by atomic mass is 19.1. The molecule has 1 N–H and O–H groups in total. The maximum absolute atomic E-state index is 13.0. The number of carbonyl (C=O) groups is 1. The average molecular weight is 345 g/mol. The Hall–Kier alpha value is -2.41. The van der Waals surface area contributed by atoms with Crippen LogP contribution in [0, 0.1) is 5.82 Å². The molecule has 7 heteroatoms. The maximum atomic E-state index is 13.0. The van der Waals surface area contributed by atoms with E-state index in [0.717, 1.165) is 38.4 Å². The molecule has 25 heavy (non-hydrogen) atoms. The lowest BCUT2D eigenvalue weighted by Gasteiger charge is -2.38. The predicted molar refractivity (Wildman–Crippen MR) is 94.9 cm³/mol. The van der Waals surface area contributed by atoms with E-state index >= 15 is 0 Å². The van der Waals surface area contributed by atoms with E-state index in [2.05, 4.69) is 20.1 Å². The van der Waals surface area contributed by atoms with Gasteiger partial charge in [-0.2, -0.15) is 0 Å². The Morgan fingerprint density at radius 1 is 1.24 bits per heavy atom. The maximum Gasteiger partial charge on any atom is 0.237 e. The van der Waals surface area contributed by atoms with Gasteiger partial charge >= 0.3 is 0 Å². The standard InChI is InChI=1S/C18H24FN5O/c1-15(18(25)21-7-9-22-8-6-20-14-22)23-10-12-24(13-11-23)17-4-2-16(19)3-5-17/h2-6,8,14-15H,7,9-13H2,1H3,(H,21,25). The Labute approximate surface area is 147 Å². The summed E-state index contributed by atoms with van der Waals surface area (Å²) in [5, 5.41) is 2.98. The van der Waals surface area contributed by atoms with E-state index in [1.165, 1.54) is 12.1 Å². The first-order valence-corrected chi connectivity index (χ1v) is 8.61. The lowest BCUT2D eigenvalue weighted by molar-refractivity contribution is -0.126. The molecular weight excluding hydrogens is 321 g/mol. The normalized spacial score (nSPS) is 16.6. The van der Waals surface area contributed by atoms with Gasteiger partial charge in [-0.1, -0.05) is 0 Å². The van der Waals surface area contributed by atoms with Gasteiger partial charge in [-0.15, -0.1) is 0 Å². The predicted octanol–water partition coefficient (Wildman–Crippen LogP) is 1.35. The number of hydrogen-bond acceptors (Lipinski definition) is 4. The fraction of sp³-hybridized carbons (Fsp3) is 0.444. The van der Waals surface area contributed by atoms with Crippen molar-refractivity contribution in [3.63, 3.8) is 0 Å². The van der Waals surface area contributed by atoms with Crippen molar-refractivity contribution in [2.45, 2.75) is 19.5 Å². The van der Waals surface area contributed by atoms with Crippen LogP contribution >= 0.6 is 0 Å². The minimum absolute atomic E-state index is 0.0512. The zero-order chi connectivity index (χ0) is 17.6. The van der Waals surface area contributed by atoms with Crippen molar-refractivity contribution in [2.24, 2.45) is 0 Å². The van der Waals surface area contributed by atoms with Crippen molar-refractivity contribution in [3.8, 4) is 0 Å². The van der Waals surface area contributed by atoms with Crippen LogP contribution in [0.2, 0.25) is 0 Å². The lowest BCUT2D eigenvalue weighted by atomic mass is 10.2. The van der Waals surface area contributed by atoms with E-state index in [4.69, 9.17) is 0 Å². The second kappa shape index (κ2) is 8.11. The molecular formula is C18H24FN5O. The number of rotatable bonds is 6. The molecule has 3 rings (SSSR count). The summed E-state index contributed by atoms with van der Waals surface area (Å²) in [6, 6.07) is 6.42. The third-order valence-electron chi connectivity index (χ3n) is 4.66. The molecule has 0 spiro atoms. The number of piperazine rings is 1. The number of amides is 1. The van der Waals surface area contributed by atoms with E-state index < -0.39 is 0 Å². The minimum atomic E-state index is -0.219. The Morgan fingerprint density at radius 2 is 1.96 bits per heavy atom. The number of halogens is 1. The fourth-order valence-electron chi connectivity index (χ4n) is 3.06. The topological polar surface area (TPSA) is 53.4 Å². The largest absolute Gasteiger partial charge is 0.369 e. The summed E-state index contributed by atoms with van der Waals surface area (Å²) in [4.78, 5) is 20.7. The summed E-state index contributed by atoms with van der Waals surface area (Å²) in [7, 11) is 0. The first-order valence-electron chi connectivity index (χ1n) is 8.61. The molecule has 2 aromatic rings. The Morgan fingerprint density at radius 3 is 2.60 bits per heavy atom. The molecule has 1 aliphatic heterocycles. The number of nitrogens with one attached hydrogen (secondary N) is 1. The Balaban J connectivity index is 1.43. The summed E-state index contributed by atoms with van der Waals surface area (Å²) in [6.07, 6.45) is 5.35. The molecule has 0 aliphatic carbocycles. The van der Waals surface area contributed by atoms with Gasteiger partial charge < -0.3 is 14.8 Å². The van der Waals surface area contributed by atoms with Crippen LogP contribution in [0.1, 0.15) is 6.92 Å². The molecule has 1 aliphatic rings. The van der Waals surface area contributed by atoms with Gasteiger partial charge in [0.05, 0.1) is 12.4 Å². The number of carbonyl (C=O) groups excluding carboxylic acids is 1. The molecule has 1 unspecified atom stereocenters. The molecule has 0 radical (unpaired) electrons. The van der Waals surface area contributed by atoms with E-state index in [1.54, 1.807) is 24.7 Å². The molecule has 1 aromatic heterocycles. The SMILES string of the molecule is CC(C(=O)NCCn1ccnc1)N1CCN(c2ccc(F)cc2)CC1. The number of nitrogens with zero attached hydrogens (tertiary/aromatic N) is 4. The summed E-state index contributed by atoms with van der Waals surface area (Å²) >= 11 is 0. The monoisotopic (exact) mass is 345 g/mol. The number of imidazole rings is 1. The minimum Gasteiger partial charge on any atom is -0.369 e. The van der Waals surface area contributed by atoms with Crippen LogP contribution < -0.4 is 10.2 Å². The van der Waals surface area contributed by atoms with Crippen molar-refractivity contribution in [2.75, 3.05) is 37.6 Å². The average Bonchev–Trinajstić information content (AvgIpc) is 3.15. The second-order valence-electron chi connectivity index (χ2n) is 6.27. The zero-order valence-electron chi connectivity index (χ0n) is 14.4. The second-order valence-corrected chi connectivity index (χ2v) is 6.27. The zero-order valence-corrected chi connectivity index (χ0v) is 14.4. The van der Waals surface area contributed by atoms with E-state index in [1.807, 2.05) is 17.7 Å². The molecule has 1 atom stereocenters. The first-order chi connectivity index (χ1) is 12.1. The summed E-state index contributed by atoms with van der Waals surface area (Å²) in [5.74, 6) is -0.168. The first kappa shape index (κ1) is 17.4. The smallest absolute Gasteiger partial charge is 0.237 e. The van der Waals surface area contributed by atoms with Crippen molar-refractivity contribution >= 4 is 11.6 Å². The van der Waals surface area contributed by atoms with Crippen molar-refractivity contribution in [1.29, 1.82) is 0 Å². The Kier molecular flexibility index (Phi) is 5.65. The number of anilines is 1. The highest BCUT2D eigenvalue weighted by Crippen LogP contribution is 2.17. The molecule has 6 nitrogen and oxygen atoms in total. The van der Waals surface area contributed by atoms with Gasteiger partial charge in [-0.3, -0.25) is 9.69 Å². The summed E-state index contributed by atoms with van der Waals surface area (Å²) in [6.45, 7) is 6.55.